The first-order valence-corrected chi connectivity index (χ1v) is 6.96. The summed E-state index contributed by atoms with van der Waals surface area (Å²) in [5.74, 6) is 0.451. The van der Waals surface area contributed by atoms with Crippen LogP contribution >= 0.6 is 15.9 Å². The van der Waals surface area contributed by atoms with Gasteiger partial charge >= 0.3 is 0 Å². The van der Waals surface area contributed by atoms with E-state index in [9.17, 15) is 4.79 Å². The maximum Gasteiger partial charge on any atom is 0.254 e. The van der Waals surface area contributed by atoms with E-state index in [1.807, 2.05) is 12.1 Å². The van der Waals surface area contributed by atoms with Gasteiger partial charge in [0.2, 0.25) is 12.2 Å². The smallest absolute Gasteiger partial charge is 0.254 e. The normalized spacial score (nSPS) is 19.1. The predicted molar refractivity (Wildman–Crippen MR) is 73.0 cm³/mol. The van der Waals surface area contributed by atoms with Crippen LogP contribution in [0.15, 0.2) is 39.7 Å². The predicted octanol–water partition coefficient (Wildman–Crippen LogP) is 2.05. The van der Waals surface area contributed by atoms with E-state index in [0.29, 0.717) is 31.1 Å². The third-order valence-corrected chi connectivity index (χ3v) is 3.64. The molecule has 0 radical (unpaired) electrons. The van der Waals surface area contributed by atoms with E-state index in [4.69, 9.17) is 9.26 Å². The molecule has 2 aromatic rings. The molecule has 0 saturated carbocycles. The molecule has 2 heterocycles. The lowest BCUT2D eigenvalue weighted by Gasteiger charge is -2.31. The zero-order valence-corrected chi connectivity index (χ0v) is 12.1. The summed E-state index contributed by atoms with van der Waals surface area (Å²) in [6.07, 6.45) is 0.927. The highest BCUT2D eigenvalue weighted by molar-refractivity contribution is 9.10. The molecule has 20 heavy (non-hydrogen) atoms. The zero-order chi connectivity index (χ0) is 13.9. The molecule has 6 nitrogen and oxygen atoms in total. The molecule has 0 bridgehead atoms. The highest BCUT2D eigenvalue weighted by Crippen LogP contribution is 2.21. The number of hydrogen-bond acceptors (Lipinski definition) is 5. The van der Waals surface area contributed by atoms with Gasteiger partial charge in [0, 0.05) is 16.6 Å². The van der Waals surface area contributed by atoms with Gasteiger partial charge in [-0.2, -0.15) is 4.98 Å². The number of nitrogens with zero attached hydrogens (tertiary/aromatic N) is 3. The number of benzene rings is 1. The van der Waals surface area contributed by atoms with Gasteiger partial charge in [-0.15, -0.1) is 0 Å². The number of ether oxygens (including phenoxy) is 1. The Morgan fingerprint density at radius 1 is 1.35 bits per heavy atom. The van der Waals surface area contributed by atoms with Gasteiger partial charge in [0.15, 0.2) is 0 Å². The van der Waals surface area contributed by atoms with Crippen molar-refractivity contribution in [1.82, 2.24) is 15.0 Å². The number of carbonyl (C=O) groups excluding carboxylic acids is 1. The Labute approximate surface area is 123 Å². The van der Waals surface area contributed by atoms with Gasteiger partial charge in [-0.3, -0.25) is 4.79 Å². The number of rotatable bonds is 2. The van der Waals surface area contributed by atoms with Crippen LogP contribution in [0.25, 0.3) is 0 Å². The van der Waals surface area contributed by atoms with Crippen molar-refractivity contribution in [2.24, 2.45) is 0 Å². The van der Waals surface area contributed by atoms with Crippen LogP contribution in [0.3, 0.4) is 0 Å². The van der Waals surface area contributed by atoms with Gasteiger partial charge in [0.05, 0.1) is 13.2 Å². The first-order chi connectivity index (χ1) is 9.74. The van der Waals surface area contributed by atoms with Crippen LogP contribution < -0.4 is 0 Å². The third kappa shape index (κ3) is 2.73. The monoisotopic (exact) mass is 337 g/mol. The molecule has 3 rings (SSSR count). The summed E-state index contributed by atoms with van der Waals surface area (Å²) >= 11 is 3.35. The Balaban J connectivity index is 1.73. The van der Waals surface area contributed by atoms with Crippen molar-refractivity contribution in [3.05, 3.63) is 46.5 Å². The van der Waals surface area contributed by atoms with Crippen LogP contribution in [-0.4, -0.2) is 40.6 Å². The molecule has 1 aliphatic rings. The minimum absolute atomic E-state index is 0.0192. The highest BCUT2D eigenvalue weighted by Gasteiger charge is 2.28. The molecular weight excluding hydrogens is 326 g/mol. The van der Waals surface area contributed by atoms with Gasteiger partial charge in [-0.05, 0) is 24.3 Å². The van der Waals surface area contributed by atoms with E-state index in [2.05, 4.69) is 26.1 Å². The Morgan fingerprint density at radius 3 is 2.85 bits per heavy atom. The zero-order valence-electron chi connectivity index (χ0n) is 10.5. The lowest BCUT2D eigenvalue weighted by Crippen LogP contribution is -2.42. The van der Waals surface area contributed by atoms with Crippen molar-refractivity contribution in [3.8, 4) is 0 Å². The van der Waals surface area contributed by atoms with E-state index in [-0.39, 0.29) is 12.0 Å². The van der Waals surface area contributed by atoms with E-state index in [1.54, 1.807) is 17.0 Å². The molecule has 1 saturated heterocycles. The Bertz CT molecular complexity index is 585. The minimum atomic E-state index is -0.332. The second-order valence-corrected chi connectivity index (χ2v) is 5.32. The van der Waals surface area contributed by atoms with Crippen LogP contribution in [0.1, 0.15) is 22.3 Å². The Hall–Kier alpha value is -1.73. The van der Waals surface area contributed by atoms with Crippen molar-refractivity contribution >= 4 is 21.8 Å². The minimum Gasteiger partial charge on any atom is -0.366 e. The lowest BCUT2D eigenvalue weighted by atomic mass is 10.1. The maximum atomic E-state index is 12.4. The molecule has 0 N–H and O–H groups in total. The van der Waals surface area contributed by atoms with E-state index >= 15 is 0 Å². The molecule has 0 unspecified atom stereocenters. The molecule has 7 heteroatoms. The van der Waals surface area contributed by atoms with Crippen molar-refractivity contribution in [2.75, 3.05) is 19.7 Å². The fraction of sp³-hybridized carbons (Fsp3) is 0.308. The van der Waals surface area contributed by atoms with Crippen LogP contribution in [0.4, 0.5) is 0 Å². The standard InChI is InChI=1S/C13H12BrN3O3/c14-10-3-1-9(2-4-10)13(18)17-5-6-19-11(7-17)12-15-8-20-16-12/h1-4,8,11H,5-7H2/t11-/m0/s1. The van der Waals surface area contributed by atoms with Crippen molar-refractivity contribution in [3.63, 3.8) is 0 Å². The topological polar surface area (TPSA) is 68.5 Å². The molecule has 1 amide bonds. The summed E-state index contributed by atoms with van der Waals surface area (Å²) in [6.45, 7) is 1.44. The summed E-state index contributed by atoms with van der Waals surface area (Å²) in [6, 6.07) is 7.30. The van der Waals surface area contributed by atoms with Crippen LogP contribution in [0.5, 0.6) is 0 Å². The largest absolute Gasteiger partial charge is 0.366 e. The van der Waals surface area contributed by atoms with Crippen molar-refractivity contribution in [2.45, 2.75) is 6.10 Å². The number of carbonyl (C=O) groups is 1. The van der Waals surface area contributed by atoms with Crippen LogP contribution in [0.2, 0.25) is 0 Å². The van der Waals surface area contributed by atoms with E-state index in [1.165, 1.54) is 6.39 Å². The number of hydrogen-bond donors (Lipinski definition) is 0. The SMILES string of the molecule is O=C(c1ccc(Br)cc1)N1CCO[C@H](c2ncon2)C1. The highest BCUT2D eigenvalue weighted by atomic mass is 79.9. The summed E-state index contributed by atoms with van der Waals surface area (Å²) in [5.41, 5.74) is 0.655. The van der Waals surface area contributed by atoms with E-state index < -0.39 is 0 Å². The van der Waals surface area contributed by atoms with Crippen LogP contribution in [-0.2, 0) is 4.74 Å². The van der Waals surface area contributed by atoms with Gasteiger partial charge in [-0.1, -0.05) is 21.1 Å². The second-order valence-electron chi connectivity index (χ2n) is 4.41. The Kier molecular flexibility index (Phi) is 3.79. The molecule has 1 fully saturated rings. The molecule has 1 aliphatic heterocycles. The molecule has 1 aromatic carbocycles. The number of halogens is 1. The summed E-state index contributed by atoms with van der Waals surface area (Å²) in [4.78, 5) is 18.1. The summed E-state index contributed by atoms with van der Waals surface area (Å²) in [5, 5.41) is 3.76. The van der Waals surface area contributed by atoms with Crippen molar-refractivity contribution in [1.29, 1.82) is 0 Å². The number of aromatic nitrogens is 2. The first-order valence-electron chi connectivity index (χ1n) is 6.17. The van der Waals surface area contributed by atoms with Gasteiger partial charge in [-0.25, -0.2) is 0 Å². The lowest BCUT2D eigenvalue weighted by molar-refractivity contribution is -0.0276. The molecule has 1 atom stereocenters. The van der Waals surface area contributed by atoms with Gasteiger partial charge in [0.1, 0.15) is 6.10 Å². The molecule has 0 spiro atoms. The summed E-state index contributed by atoms with van der Waals surface area (Å²) in [7, 11) is 0. The average Bonchev–Trinajstić information content (AvgIpc) is 3.02. The number of morpholine rings is 1. The Morgan fingerprint density at radius 2 is 2.15 bits per heavy atom. The van der Waals surface area contributed by atoms with Crippen LogP contribution in [0, 0.1) is 0 Å². The third-order valence-electron chi connectivity index (χ3n) is 3.11. The molecular formula is C13H12BrN3O3. The fourth-order valence-electron chi connectivity index (χ4n) is 2.09. The summed E-state index contributed by atoms with van der Waals surface area (Å²) < 4.78 is 11.2. The molecule has 104 valence electrons. The van der Waals surface area contributed by atoms with E-state index in [0.717, 1.165) is 4.47 Å². The number of amides is 1. The molecule has 1 aromatic heterocycles. The van der Waals surface area contributed by atoms with Crippen molar-refractivity contribution < 1.29 is 14.1 Å². The first kappa shape index (κ1) is 13.3. The quantitative estimate of drug-likeness (QED) is 0.838. The van der Waals surface area contributed by atoms with Gasteiger partial charge < -0.3 is 14.2 Å². The fourth-order valence-corrected chi connectivity index (χ4v) is 2.35. The average molecular weight is 338 g/mol. The molecule has 0 aliphatic carbocycles. The second kappa shape index (κ2) is 5.72. The maximum absolute atomic E-state index is 12.4. The van der Waals surface area contributed by atoms with Gasteiger partial charge in [0.25, 0.3) is 5.91 Å².